The van der Waals surface area contributed by atoms with E-state index in [1.54, 1.807) is 29.2 Å². The van der Waals surface area contributed by atoms with Gasteiger partial charge in [-0.05, 0) is 17.7 Å². The number of morpholine rings is 1. The molecule has 3 rings (SSSR count). The highest BCUT2D eigenvalue weighted by atomic mass is 16.5. The lowest BCUT2D eigenvalue weighted by atomic mass is 10.0. The number of nitrogens with zero attached hydrogens (tertiary/aromatic N) is 1. The van der Waals surface area contributed by atoms with E-state index in [4.69, 9.17) is 9.84 Å². The van der Waals surface area contributed by atoms with E-state index in [0.29, 0.717) is 18.7 Å². The molecule has 1 aliphatic rings. The molecular weight excluding hydrogens is 372 g/mol. The molecular formula is C22H24N2O5. The summed E-state index contributed by atoms with van der Waals surface area (Å²) in [7, 11) is 0. The van der Waals surface area contributed by atoms with Crippen molar-refractivity contribution < 1.29 is 24.2 Å². The summed E-state index contributed by atoms with van der Waals surface area (Å²) in [6.45, 7) is 0.906. The molecule has 1 fully saturated rings. The van der Waals surface area contributed by atoms with Crippen molar-refractivity contribution in [1.82, 2.24) is 10.2 Å². The second-order valence-corrected chi connectivity index (χ2v) is 6.92. The normalized spacial score (nSPS) is 17.4. The Bertz CT molecular complexity index is 841. The molecule has 2 aromatic carbocycles. The van der Waals surface area contributed by atoms with Gasteiger partial charge in [-0.25, -0.2) is 0 Å². The van der Waals surface area contributed by atoms with Gasteiger partial charge in [-0.15, -0.1) is 0 Å². The minimum Gasteiger partial charge on any atom is -0.481 e. The molecule has 7 nitrogen and oxygen atoms in total. The van der Waals surface area contributed by atoms with Gasteiger partial charge < -0.3 is 20.1 Å². The first-order valence-electron chi connectivity index (χ1n) is 9.54. The van der Waals surface area contributed by atoms with Crippen LogP contribution in [0.25, 0.3) is 0 Å². The van der Waals surface area contributed by atoms with Crippen molar-refractivity contribution in [1.29, 1.82) is 0 Å². The van der Waals surface area contributed by atoms with Crippen LogP contribution in [-0.2, 0) is 14.3 Å². The summed E-state index contributed by atoms with van der Waals surface area (Å²) in [4.78, 5) is 38.4. The monoisotopic (exact) mass is 396 g/mol. The average molecular weight is 396 g/mol. The maximum absolute atomic E-state index is 13.0. The van der Waals surface area contributed by atoms with Crippen LogP contribution in [0, 0.1) is 0 Å². The first-order valence-corrected chi connectivity index (χ1v) is 9.54. The van der Waals surface area contributed by atoms with Crippen molar-refractivity contribution in [2.24, 2.45) is 0 Å². The van der Waals surface area contributed by atoms with Crippen LogP contribution in [-0.4, -0.2) is 53.6 Å². The summed E-state index contributed by atoms with van der Waals surface area (Å²) in [5.74, 6) is -1.45. The predicted octanol–water partition coefficient (Wildman–Crippen LogP) is 2.25. The highest BCUT2D eigenvalue weighted by Gasteiger charge is 2.31. The number of hydrogen-bond donors (Lipinski definition) is 2. The van der Waals surface area contributed by atoms with E-state index in [-0.39, 0.29) is 31.3 Å². The quantitative estimate of drug-likeness (QED) is 0.748. The highest BCUT2D eigenvalue weighted by molar-refractivity contribution is 5.94. The van der Waals surface area contributed by atoms with Crippen LogP contribution in [0.15, 0.2) is 60.7 Å². The molecule has 0 bridgehead atoms. The van der Waals surface area contributed by atoms with Gasteiger partial charge in [0, 0.05) is 12.1 Å². The van der Waals surface area contributed by atoms with E-state index in [1.165, 1.54) is 0 Å². The first-order chi connectivity index (χ1) is 14.0. The molecule has 1 aliphatic heterocycles. The van der Waals surface area contributed by atoms with Gasteiger partial charge in [-0.1, -0.05) is 48.5 Å². The van der Waals surface area contributed by atoms with E-state index in [0.717, 1.165) is 5.56 Å². The van der Waals surface area contributed by atoms with E-state index in [9.17, 15) is 14.4 Å². The second kappa shape index (κ2) is 9.84. The number of carbonyl (C=O) groups is 3. The Labute approximate surface area is 169 Å². The van der Waals surface area contributed by atoms with Gasteiger partial charge in [0.2, 0.25) is 5.91 Å². The zero-order chi connectivity index (χ0) is 20.6. The molecule has 0 radical (unpaired) electrons. The lowest BCUT2D eigenvalue weighted by Crippen LogP contribution is -2.50. The molecule has 1 heterocycles. The maximum atomic E-state index is 13.0. The Morgan fingerprint density at radius 1 is 1.07 bits per heavy atom. The van der Waals surface area contributed by atoms with E-state index >= 15 is 0 Å². The largest absolute Gasteiger partial charge is 0.481 e. The van der Waals surface area contributed by atoms with Crippen LogP contribution in [0.2, 0.25) is 0 Å². The molecule has 29 heavy (non-hydrogen) atoms. The van der Waals surface area contributed by atoms with Gasteiger partial charge in [0.25, 0.3) is 5.91 Å². The zero-order valence-corrected chi connectivity index (χ0v) is 16.0. The maximum Gasteiger partial charge on any atom is 0.305 e. The number of hydrogen-bond acceptors (Lipinski definition) is 4. The Kier molecular flexibility index (Phi) is 6.97. The van der Waals surface area contributed by atoms with Crippen LogP contribution in [0.4, 0.5) is 0 Å². The Morgan fingerprint density at radius 3 is 2.38 bits per heavy atom. The minimum atomic E-state index is -0.977. The standard InChI is InChI=1S/C22H24N2O5/c25-20(24-11-12-29-15-18(24)13-21(26)27)14-19(16-7-3-1-4-8-16)23-22(28)17-9-5-2-6-10-17/h1-10,18-19H,11-15H2,(H,23,28)(H,26,27). The Morgan fingerprint density at radius 2 is 1.72 bits per heavy atom. The number of carbonyl (C=O) groups excluding carboxylic acids is 2. The summed E-state index contributed by atoms with van der Waals surface area (Å²) in [5.41, 5.74) is 1.32. The fourth-order valence-corrected chi connectivity index (χ4v) is 3.41. The van der Waals surface area contributed by atoms with Crippen LogP contribution in [0.3, 0.4) is 0 Å². The van der Waals surface area contributed by atoms with E-state index in [2.05, 4.69) is 5.32 Å². The van der Waals surface area contributed by atoms with Crippen molar-refractivity contribution in [3.63, 3.8) is 0 Å². The molecule has 0 spiro atoms. The summed E-state index contributed by atoms with van der Waals surface area (Å²) in [5, 5.41) is 12.1. The summed E-state index contributed by atoms with van der Waals surface area (Å²) >= 11 is 0. The third kappa shape index (κ3) is 5.65. The molecule has 1 saturated heterocycles. The van der Waals surface area contributed by atoms with Gasteiger partial charge >= 0.3 is 5.97 Å². The molecule has 2 unspecified atom stereocenters. The summed E-state index contributed by atoms with van der Waals surface area (Å²) < 4.78 is 5.35. The van der Waals surface area contributed by atoms with E-state index < -0.39 is 18.1 Å². The molecule has 0 aliphatic carbocycles. The SMILES string of the molecule is O=C(O)CC1COCCN1C(=O)CC(NC(=O)c1ccccc1)c1ccccc1. The van der Waals surface area contributed by atoms with E-state index in [1.807, 2.05) is 36.4 Å². The lowest BCUT2D eigenvalue weighted by Gasteiger charge is -2.35. The molecule has 7 heteroatoms. The fourth-order valence-electron chi connectivity index (χ4n) is 3.41. The number of ether oxygens (including phenoxy) is 1. The zero-order valence-electron chi connectivity index (χ0n) is 16.0. The highest BCUT2D eigenvalue weighted by Crippen LogP contribution is 2.21. The second-order valence-electron chi connectivity index (χ2n) is 6.92. The first kappa shape index (κ1) is 20.5. The number of carboxylic acids is 1. The fraction of sp³-hybridized carbons (Fsp3) is 0.318. The van der Waals surface area contributed by atoms with Gasteiger partial charge in [0.15, 0.2) is 0 Å². The molecule has 2 amide bonds. The van der Waals surface area contributed by atoms with Crippen molar-refractivity contribution in [3.05, 3.63) is 71.8 Å². The van der Waals surface area contributed by atoms with Crippen molar-refractivity contribution >= 4 is 17.8 Å². The molecule has 2 N–H and O–H groups in total. The minimum absolute atomic E-state index is 0.0404. The Balaban J connectivity index is 1.76. The number of carboxylic acid groups (broad SMARTS) is 1. The van der Waals surface area contributed by atoms with Gasteiger partial charge in [-0.2, -0.15) is 0 Å². The summed E-state index contributed by atoms with van der Waals surface area (Å²) in [6.07, 6.45) is -0.128. The number of benzene rings is 2. The number of rotatable bonds is 7. The third-order valence-electron chi connectivity index (χ3n) is 4.88. The van der Waals surface area contributed by atoms with Crippen molar-refractivity contribution in [2.45, 2.75) is 24.9 Å². The molecule has 0 aromatic heterocycles. The number of amides is 2. The molecule has 2 aromatic rings. The number of aliphatic carboxylic acids is 1. The molecule has 2 atom stereocenters. The Hall–Kier alpha value is -3.19. The van der Waals surface area contributed by atoms with Crippen LogP contribution < -0.4 is 5.32 Å². The van der Waals surface area contributed by atoms with Crippen LogP contribution in [0.1, 0.15) is 34.8 Å². The average Bonchev–Trinajstić information content (AvgIpc) is 2.74. The van der Waals surface area contributed by atoms with Crippen LogP contribution in [0.5, 0.6) is 0 Å². The van der Waals surface area contributed by atoms with Gasteiger partial charge in [0.05, 0.1) is 38.1 Å². The summed E-state index contributed by atoms with van der Waals surface area (Å²) in [6, 6.07) is 17.1. The van der Waals surface area contributed by atoms with Gasteiger partial charge in [-0.3, -0.25) is 14.4 Å². The van der Waals surface area contributed by atoms with Crippen LogP contribution >= 0.6 is 0 Å². The topological polar surface area (TPSA) is 95.9 Å². The van der Waals surface area contributed by atoms with Crippen molar-refractivity contribution in [3.8, 4) is 0 Å². The molecule has 0 saturated carbocycles. The van der Waals surface area contributed by atoms with Crippen molar-refractivity contribution in [2.75, 3.05) is 19.8 Å². The number of nitrogens with one attached hydrogen (secondary N) is 1. The predicted molar refractivity (Wildman–Crippen MR) is 106 cm³/mol. The lowest BCUT2D eigenvalue weighted by molar-refractivity contribution is -0.146. The smallest absolute Gasteiger partial charge is 0.305 e. The third-order valence-corrected chi connectivity index (χ3v) is 4.88. The molecule has 152 valence electrons. The van der Waals surface area contributed by atoms with Gasteiger partial charge in [0.1, 0.15) is 0 Å².